The van der Waals surface area contributed by atoms with E-state index in [0.29, 0.717) is 0 Å². The molecule has 0 spiro atoms. The van der Waals surface area contributed by atoms with Gasteiger partial charge in [0.2, 0.25) is 0 Å². The van der Waals surface area contributed by atoms with Crippen LogP contribution in [-0.2, 0) is 0 Å². The van der Waals surface area contributed by atoms with Crippen LogP contribution in [0.1, 0.15) is 11.1 Å². The Morgan fingerprint density at radius 3 is 1.82 bits per heavy atom. The van der Waals surface area contributed by atoms with Gasteiger partial charge >= 0.3 is 0 Å². The van der Waals surface area contributed by atoms with Crippen molar-refractivity contribution in [3.8, 4) is 0 Å². The van der Waals surface area contributed by atoms with E-state index in [1.807, 2.05) is 0 Å². The Kier molecular flexibility index (Phi) is 2.84. The molecular formula is C12H13BrN4. The van der Waals surface area contributed by atoms with E-state index in [9.17, 15) is 0 Å². The molecule has 2 aliphatic rings. The SMILES string of the molecule is Brc1cc(C2=NCCN2)cc(C2=NCCN2)c1. The van der Waals surface area contributed by atoms with Crippen LogP contribution in [0.25, 0.3) is 0 Å². The topological polar surface area (TPSA) is 48.8 Å². The first kappa shape index (κ1) is 10.8. The van der Waals surface area contributed by atoms with Gasteiger partial charge in [-0.25, -0.2) is 0 Å². The number of aliphatic imine (C=N–C) groups is 2. The van der Waals surface area contributed by atoms with Crippen molar-refractivity contribution < 1.29 is 0 Å². The molecule has 0 fully saturated rings. The minimum absolute atomic E-state index is 0.858. The number of benzene rings is 1. The highest BCUT2D eigenvalue weighted by molar-refractivity contribution is 9.10. The molecule has 0 aromatic heterocycles. The van der Waals surface area contributed by atoms with Crippen LogP contribution in [0.15, 0.2) is 32.7 Å². The molecule has 2 aliphatic heterocycles. The summed E-state index contributed by atoms with van der Waals surface area (Å²) < 4.78 is 1.05. The van der Waals surface area contributed by atoms with Crippen molar-refractivity contribution in [3.05, 3.63) is 33.8 Å². The summed E-state index contributed by atoms with van der Waals surface area (Å²) in [5.74, 6) is 1.96. The number of nitrogens with zero attached hydrogens (tertiary/aromatic N) is 2. The van der Waals surface area contributed by atoms with Crippen LogP contribution in [0.2, 0.25) is 0 Å². The van der Waals surface area contributed by atoms with Crippen LogP contribution in [0.4, 0.5) is 0 Å². The summed E-state index contributed by atoms with van der Waals surface area (Å²) in [6, 6.07) is 6.28. The molecule has 88 valence electrons. The first-order valence-electron chi connectivity index (χ1n) is 5.71. The van der Waals surface area contributed by atoms with Crippen LogP contribution in [0.3, 0.4) is 0 Å². The van der Waals surface area contributed by atoms with E-state index < -0.39 is 0 Å². The van der Waals surface area contributed by atoms with Gasteiger partial charge in [-0.3, -0.25) is 9.98 Å². The number of hydrogen-bond donors (Lipinski definition) is 2. The summed E-state index contributed by atoms with van der Waals surface area (Å²) in [6.45, 7) is 3.57. The highest BCUT2D eigenvalue weighted by Crippen LogP contribution is 2.18. The molecular weight excluding hydrogens is 280 g/mol. The van der Waals surface area contributed by atoms with Gasteiger partial charge in [-0.15, -0.1) is 0 Å². The molecule has 5 heteroatoms. The average Bonchev–Trinajstić information content (AvgIpc) is 3.02. The Labute approximate surface area is 108 Å². The molecule has 0 saturated carbocycles. The summed E-state index contributed by atoms with van der Waals surface area (Å²) in [6.07, 6.45) is 0. The van der Waals surface area contributed by atoms with Crippen molar-refractivity contribution in [2.75, 3.05) is 26.2 Å². The fourth-order valence-corrected chi connectivity index (χ4v) is 2.54. The number of nitrogens with one attached hydrogen (secondary N) is 2. The van der Waals surface area contributed by atoms with Crippen molar-refractivity contribution in [2.24, 2.45) is 9.98 Å². The summed E-state index contributed by atoms with van der Waals surface area (Å²) in [4.78, 5) is 8.88. The third-order valence-corrected chi connectivity index (χ3v) is 3.25. The zero-order valence-electron chi connectivity index (χ0n) is 9.33. The summed E-state index contributed by atoms with van der Waals surface area (Å²) in [7, 11) is 0. The quantitative estimate of drug-likeness (QED) is 0.859. The van der Waals surface area contributed by atoms with Gasteiger partial charge in [-0.1, -0.05) is 15.9 Å². The predicted octanol–water partition coefficient (Wildman–Crippen LogP) is 1.15. The Bertz CT molecular complexity index is 465. The minimum Gasteiger partial charge on any atom is -0.368 e. The monoisotopic (exact) mass is 292 g/mol. The lowest BCUT2D eigenvalue weighted by Gasteiger charge is -2.08. The number of halogens is 1. The molecule has 0 radical (unpaired) electrons. The second-order valence-electron chi connectivity index (χ2n) is 4.04. The Morgan fingerprint density at radius 1 is 0.882 bits per heavy atom. The molecule has 0 unspecified atom stereocenters. The maximum absolute atomic E-state index is 4.44. The van der Waals surface area contributed by atoms with Gasteiger partial charge in [0.25, 0.3) is 0 Å². The second-order valence-corrected chi connectivity index (χ2v) is 4.96. The summed E-state index contributed by atoms with van der Waals surface area (Å²) >= 11 is 3.54. The summed E-state index contributed by atoms with van der Waals surface area (Å²) in [5, 5.41) is 6.57. The van der Waals surface area contributed by atoms with Crippen LogP contribution >= 0.6 is 15.9 Å². The molecule has 4 nitrogen and oxygen atoms in total. The fourth-order valence-electron chi connectivity index (χ4n) is 2.05. The Balaban J connectivity index is 1.99. The van der Waals surface area contributed by atoms with E-state index in [-0.39, 0.29) is 0 Å². The number of amidine groups is 2. The van der Waals surface area contributed by atoms with Crippen LogP contribution in [0.5, 0.6) is 0 Å². The van der Waals surface area contributed by atoms with Crippen LogP contribution in [-0.4, -0.2) is 37.9 Å². The van der Waals surface area contributed by atoms with E-state index >= 15 is 0 Å². The summed E-state index contributed by atoms with van der Waals surface area (Å²) in [5.41, 5.74) is 2.23. The molecule has 0 bridgehead atoms. The van der Waals surface area contributed by atoms with Gasteiger partial charge in [-0.05, 0) is 18.2 Å². The standard InChI is InChI=1S/C12H13BrN4/c13-10-6-8(11-14-1-2-15-11)5-9(7-10)12-16-3-4-17-12/h5-7H,1-4H2,(H,14,15)(H,16,17). The molecule has 17 heavy (non-hydrogen) atoms. The predicted molar refractivity (Wildman–Crippen MR) is 73.0 cm³/mol. The fraction of sp³-hybridized carbons (Fsp3) is 0.333. The van der Waals surface area contributed by atoms with Crippen molar-refractivity contribution in [1.29, 1.82) is 0 Å². The maximum atomic E-state index is 4.44. The van der Waals surface area contributed by atoms with E-state index in [2.05, 4.69) is 54.7 Å². The third kappa shape index (κ3) is 2.20. The lowest BCUT2D eigenvalue weighted by molar-refractivity contribution is 0.959. The Hall–Kier alpha value is -1.36. The van der Waals surface area contributed by atoms with Gasteiger partial charge < -0.3 is 10.6 Å². The zero-order valence-corrected chi connectivity index (χ0v) is 10.9. The maximum Gasteiger partial charge on any atom is 0.128 e. The first-order valence-corrected chi connectivity index (χ1v) is 6.50. The number of rotatable bonds is 2. The van der Waals surface area contributed by atoms with Crippen molar-refractivity contribution in [3.63, 3.8) is 0 Å². The van der Waals surface area contributed by atoms with Crippen molar-refractivity contribution in [2.45, 2.75) is 0 Å². The van der Waals surface area contributed by atoms with E-state index in [1.54, 1.807) is 0 Å². The van der Waals surface area contributed by atoms with Gasteiger partial charge in [0, 0.05) is 28.7 Å². The molecule has 0 atom stereocenters. The molecule has 1 aromatic carbocycles. The molecule has 2 N–H and O–H groups in total. The largest absolute Gasteiger partial charge is 0.368 e. The van der Waals surface area contributed by atoms with Gasteiger partial charge in [0.05, 0.1) is 13.1 Å². The minimum atomic E-state index is 0.858. The molecule has 1 aromatic rings. The lowest BCUT2D eigenvalue weighted by atomic mass is 10.1. The zero-order chi connectivity index (χ0) is 11.7. The van der Waals surface area contributed by atoms with Crippen molar-refractivity contribution in [1.82, 2.24) is 10.6 Å². The number of hydrogen-bond acceptors (Lipinski definition) is 4. The van der Waals surface area contributed by atoms with E-state index in [0.717, 1.165) is 53.4 Å². The molecule has 0 amide bonds. The molecule has 3 rings (SSSR count). The average molecular weight is 293 g/mol. The molecule has 2 heterocycles. The lowest BCUT2D eigenvalue weighted by Crippen LogP contribution is -2.22. The van der Waals surface area contributed by atoms with Crippen LogP contribution < -0.4 is 10.6 Å². The Morgan fingerprint density at radius 2 is 1.41 bits per heavy atom. The molecule has 0 saturated heterocycles. The van der Waals surface area contributed by atoms with E-state index in [1.165, 1.54) is 0 Å². The smallest absolute Gasteiger partial charge is 0.128 e. The molecule has 0 aliphatic carbocycles. The highest BCUT2D eigenvalue weighted by atomic mass is 79.9. The first-order chi connectivity index (χ1) is 8.33. The third-order valence-electron chi connectivity index (χ3n) is 2.79. The normalized spacial score (nSPS) is 18.4. The van der Waals surface area contributed by atoms with Crippen LogP contribution in [0, 0.1) is 0 Å². The highest BCUT2D eigenvalue weighted by Gasteiger charge is 2.13. The van der Waals surface area contributed by atoms with Gasteiger partial charge in [0.15, 0.2) is 0 Å². The van der Waals surface area contributed by atoms with Crippen molar-refractivity contribution >= 4 is 27.6 Å². The van der Waals surface area contributed by atoms with E-state index in [4.69, 9.17) is 0 Å². The van der Waals surface area contributed by atoms with Gasteiger partial charge in [-0.2, -0.15) is 0 Å². The van der Waals surface area contributed by atoms with Gasteiger partial charge in [0.1, 0.15) is 11.7 Å². The second kappa shape index (κ2) is 4.49.